The van der Waals surface area contributed by atoms with Gasteiger partial charge in [0.05, 0.1) is 4.90 Å². The van der Waals surface area contributed by atoms with E-state index in [9.17, 15) is 35.2 Å². The van der Waals surface area contributed by atoms with Gasteiger partial charge in [-0.2, -0.15) is 26.3 Å². The summed E-state index contributed by atoms with van der Waals surface area (Å²) in [4.78, 5) is 10.7. The second kappa shape index (κ2) is 6.52. The number of alkyl halides is 5. The Kier molecular flexibility index (Phi) is 5.53. The van der Waals surface area contributed by atoms with Crippen LogP contribution in [0.2, 0.25) is 0 Å². The molecule has 0 aliphatic carbocycles. The average Bonchev–Trinajstić information content (AvgIpc) is 2.46. The molecule has 0 amide bonds. The Morgan fingerprint density at radius 1 is 1.04 bits per heavy atom. The fourth-order valence-electron chi connectivity index (χ4n) is 1.88. The van der Waals surface area contributed by atoms with E-state index in [-0.39, 0.29) is 13.1 Å². The van der Waals surface area contributed by atoms with Crippen molar-refractivity contribution in [2.45, 2.75) is 30.8 Å². The molecule has 0 aromatic heterocycles. The van der Waals surface area contributed by atoms with Crippen LogP contribution < -0.4 is 0 Å². The normalized spacial score (nSPS) is 13.4. The maximum absolute atomic E-state index is 13.3. The lowest BCUT2D eigenvalue weighted by molar-refractivity contribution is -0.255. The fraction of sp³-hybridized carbons (Fsp3) is 0.462. The third kappa shape index (κ3) is 3.52. The van der Waals surface area contributed by atoms with Gasteiger partial charge in [0.2, 0.25) is 15.8 Å². The summed E-state index contributed by atoms with van der Waals surface area (Å²) >= 11 is 0. The van der Waals surface area contributed by atoms with Crippen LogP contribution in [0.15, 0.2) is 29.2 Å². The zero-order valence-corrected chi connectivity index (χ0v) is 13.0. The summed E-state index contributed by atoms with van der Waals surface area (Å²) in [6.07, 6.45) is -6.11. The summed E-state index contributed by atoms with van der Waals surface area (Å²) in [6, 6.07) is 3.62. The lowest BCUT2D eigenvalue weighted by Gasteiger charge is -2.22. The zero-order valence-electron chi connectivity index (χ0n) is 12.2. The largest absolute Gasteiger partial charge is 0.461 e. The van der Waals surface area contributed by atoms with Crippen LogP contribution in [0.5, 0.6) is 0 Å². The lowest BCUT2D eigenvalue weighted by atomic mass is 10.1. The van der Waals surface area contributed by atoms with Gasteiger partial charge in [-0.15, -0.1) is 0 Å². The van der Waals surface area contributed by atoms with E-state index < -0.39 is 38.4 Å². The number of hydrogen-bond acceptors (Lipinski definition) is 3. The molecule has 0 unspecified atom stereocenters. The minimum Gasteiger partial charge on any atom is -0.287 e. The molecule has 0 bridgehead atoms. The summed E-state index contributed by atoms with van der Waals surface area (Å²) in [5.41, 5.74) is -1.19. The van der Waals surface area contributed by atoms with Gasteiger partial charge in [0, 0.05) is 18.7 Å². The standard InChI is InChI=1S/C13H14F5NO3S/c1-3-19(4-2)23(21,22)10-8-6-5-7-9(10)11(20)12(14,15)13(16,17)18/h5-8H,3-4H2,1-2H3. The average molecular weight is 359 g/mol. The predicted molar refractivity (Wildman–Crippen MR) is 71.9 cm³/mol. The highest BCUT2D eigenvalue weighted by Crippen LogP contribution is 2.39. The first kappa shape index (κ1) is 19.5. The van der Waals surface area contributed by atoms with Gasteiger partial charge in [0.1, 0.15) is 0 Å². The van der Waals surface area contributed by atoms with Crippen LogP contribution in [-0.4, -0.2) is 43.7 Å². The number of halogens is 5. The van der Waals surface area contributed by atoms with Crippen molar-refractivity contribution in [1.29, 1.82) is 0 Å². The molecule has 10 heteroatoms. The lowest BCUT2D eigenvalue weighted by Crippen LogP contribution is -2.44. The number of ketones is 1. The van der Waals surface area contributed by atoms with E-state index in [1.165, 1.54) is 13.8 Å². The molecule has 0 heterocycles. The van der Waals surface area contributed by atoms with Crippen molar-refractivity contribution in [3.05, 3.63) is 29.8 Å². The number of hydrogen-bond donors (Lipinski definition) is 0. The van der Waals surface area contributed by atoms with E-state index in [0.717, 1.165) is 22.5 Å². The molecule has 0 atom stereocenters. The monoisotopic (exact) mass is 359 g/mol. The van der Waals surface area contributed by atoms with Gasteiger partial charge in [0.25, 0.3) is 0 Å². The number of carbonyl (C=O) groups excluding carboxylic acids is 1. The van der Waals surface area contributed by atoms with Gasteiger partial charge < -0.3 is 0 Å². The second-order valence-corrected chi connectivity index (χ2v) is 6.39. The Balaban J connectivity index is 3.52. The number of rotatable bonds is 6. The van der Waals surface area contributed by atoms with Gasteiger partial charge in [0.15, 0.2) is 0 Å². The summed E-state index contributed by atoms with van der Waals surface area (Å²) in [7, 11) is -4.37. The van der Waals surface area contributed by atoms with E-state index in [2.05, 4.69) is 0 Å². The molecule has 0 N–H and O–H groups in total. The van der Waals surface area contributed by atoms with E-state index in [0.29, 0.717) is 6.07 Å². The predicted octanol–water partition coefficient (Wildman–Crippen LogP) is 3.10. The third-order valence-electron chi connectivity index (χ3n) is 3.10. The number of sulfonamides is 1. The van der Waals surface area contributed by atoms with Gasteiger partial charge in [-0.05, 0) is 12.1 Å². The van der Waals surface area contributed by atoms with Crippen LogP contribution in [-0.2, 0) is 10.0 Å². The molecule has 0 saturated carbocycles. The van der Waals surface area contributed by atoms with Crippen LogP contribution in [0.1, 0.15) is 24.2 Å². The number of carbonyl (C=O) groups is 1. The first-order valence-electron chi connectivity index (χ1n) is 6.49. The van der Waals surface area contributed by atoms with Crippen molar-refractivity contribution in [1.82, 2.24) is 4.31 Å². The first-order chi connectivity index (χ1) is 10.4. The van der Waals surface area contributed by atoms with Gasteiger partial charge >= 0.3 is 12.1 Å². The number of Topliss-reactive ketones (excluding diaryl/α,β-unsaturated/α-hetero) is 1. The van der Waals surface area contributed by atoms with Crippen molar-refractivity contribution in [3.63, 3.8) is 0 Å². The van der Waals surface area contributed by atoms with Crippen LogP contribution in [0.25, 0.3) is 0 Å². The van der Waals surface area contributed by atoms with Crippen LogP contribution in [0.4, 0.5) is 22.0 Å². The molecular formula is C13H14F5NO3S. The summed E-state index contributed by atoms with van der Waals surface area (Å²) in [6.45, 7) is 2.87. The maximum Gasteiger partial charge on any atom is 0.461 e. The molecule has 0 saturated heterocycles. The molecule has 1 aromatic rings. The molecule has 0 aliphatic heterocycles. The highest BCUT2D eigenvalue weighted by atomic mass is 32.2. The summed E-state index contributed by atoms with van der Waals surface area (Å²) < 4.78 is 89.1. The summed E-state index contributed by atoms with van der Waals surface area (Å²) in [5.74, 6) is -8.28. The van der Waals surface area contributed by atoms with Gasteiger partial charge in [-0.25, -0.2) is 8.42 Å². The Hall–Kier alpha value is -1.55. The third-order valence-corrected chi connectivity index (χ3v) is 5.20. The molecule has 130 valence electrons. The highest BCUT2D eigenvalue weighted by molar-refractivity contribution is 7.89. The van der Waals surface area contributed by atoms with E-state index in [1.54, 1.807) is 0 Å². The molecule has 0 spiro atoms. The van der Waals surface area contributed by atoms with Crippen LogP contribution >= 0.6 is 0 Å². The molecule has 4 nitrogen and oxygen atoms in total. The fourth-order valence-corrected chi connectivity index (χ4v) is 3.53. The maximum atomic E-state index is 13.3. The van der Waals surface area contributed by atoms with E-state index >= 15 is 0 Å². The van der Waals surface area contributed by atoms with Crippen molar-refractivity contribution >= 4 is 15.8 Å². The number of benzene rings is 1. The second-order valence-electron chi connectivity index (χ2n) is 4.49. The van der Waals surface area contributed by atoms with E-state index in [1.807, 2.05) is 0 Å². The molecule has 1 rings (SSSR count). The Bertz CT molecular complexity index is 681. The number of nitrogens with zero attached hydrogens (tertiary/aromatic N) is 1. The van der Waals surface area contributed by atoms with Crippen molar-refractivity contribution in [2.75, 3.05) is 13.1 Å². The Labute approximate surface area is 129 Å². The molecule has 0 radical (unpaired) electrons. The molecule has 1 aromatic carbocycles. The highest BCUT2D eigenvalue weighted by Gasteiger charge is 2.63. The quantitative estimate of drug-likeness (QED) is 0.579. The first-order valence-corrected chi connectivity index (χ1v) is 7.93. The smallest absolute Gasteiger partial charge is 0.287 e. The van der Waals surface area contributed by atoms with Crippen molar-refractivity contribution < 1.29 is 35.2 Å². The van der Waals surface area contributed by atoms with Crippen LogP contribution in [0.3, 0.4) is 0 Å². The minimum absolute atomic E-state index is 0.0307. The summed E-state index contributed by atoms with van der Waals surface area (Å²) in [5, 5.41) is 0. The van der Waals surface area contributed by atoms with Gasteiger partial charge in [-0.3, -0.25) is 4.79 Å². The Morgan fingerprint density at radius 3 is 1.96 bits per heavy atom. The molecule has 0 aliphatic rings. The topological polar surface area (TPSA) is 54.5 Å². The van der Waals surface area contributed by atoms with Crippen molar-refractivity contribution in [2.24, 2.45) is 0 Å². The molecular weight excluding hydrogens is 345 g/mol. The van der Waals surface area contributed by atoms with E-state index in [4.69, 9.17) is 0 Å². The SMILES string of the molecule is CCN(CC)S(=O)(=O)c1ccccc1C(=O)C(F)(F)C(F)(F)F. The Morgan fingerprint density at radius 2 is 1.52 bits per heavy atom. The van der Waals surface area contributed by atoms with Crippen molar-refractivity contribution in [3.8, 4) is 0 Å². The molecule has 23 heavy (non-hydrogen) atoms. The molecule has 0 fully saturated rings. The van der Waals surface area contributed by atoms with Crippen LogP contribution in [0, 0.1) is 0 Å². The zero-order chi connectivity index (χ0) is 18.1. The van der Waals surface area contributed by atoms with Gasteiger partial charge in [-0.1, -0.05) is 26.0 Å². The minimum atomic E-state index is -6.11.